The van der Waals surface area contributed by atoms with E-state index in [-0.39, 0.29) is 6.10 Å². The van der Waals surface area contributed by atoms with Crippen LogP contribution in [0.4, 0.5) is 0 Å². The lowest BCUT2D eigenvalue weighted by Gasteiger charge is -2.40. The topological polar surface area (TPSA) is 36.4 Å². The first-order valence-electron chi connectivity index (χ1n) is 8.22. The minimum absolute atomic E-state index is 0.141. The molecule has 1 N–H and O–H groups in total. The fraction of sp³-hybridized carbons (Fsp3) is 0.722. The van der Waals surface area contributed by atoms with Crippen molar-refractivity contribution in [1.29, 1.82) is 0 Å². The zero-order valence-electron chi connectivity index (χ0n) is 14.0. The van der Waals surface area contributed by atoms with E-state index in [0.29, 0.717) is 11.3 Å². The Labute approximate surface area is 129 Å². The van der Waals surface area contributed by atoms with E-state index in [4.69, 9.17) is 0 Å². The summed E-state index contributed by atoms with van der Waals surface area (Å²) in [5.74, 6) is 0.388. The van der Waals surface area contributed by atoms with Crippen LogP contribution in [-0.4, -0.2) is 34.2 Å². The van der Waals surface area contributed by atoms with Crippen LogP contribution in [0.1, 0.15) is 51.4 Å². The van der Waals surface area contributed by atoms with Crippen molar-refractivity contribution >= 4 is 0 Å². The van der Waals surface area contributed by atoms with Crippen LogP contribution in [0.2, 0.25) is 0 Å². The Morgan fingerprint density at radius 3 is 2.81 bits per heavy atom. The average Bonchev–Trinajstić information content (AvgIpc) is 2.42. The van der Waals surface area contributed by atoms with Crippen LogP contribution in [0.15, 0.2) is 18.2 Å². The van der Waals surface area contributed by atoms with E-state index in [1.165, 1.54) is 0 Å². The molecule has 1 aliphatic rings. The van der Waals surface area contributed by atoms with Crippen LogP contribution in [0.3, 0.4) is 0 Å². The number of nitrogens with zero attached hydrogens (tertiary/aromatic N) is 2. The molecular weight excluding hydrogens is 260 g/mol. The summed E-state index contributed by atoms with van der Waals surface area (Å²) in [5, 5.41) is 10.3. The molecule has 1 aromatic heterocycles. The van der Waals surface area contributed by atoms with Gasteiger partial charge in [0.25, 0.3) is 0 Å². The molecule has 1 heterocycles. The van der Waals surface area contributed by atoms with Crippen LogP contribution in [0.5, 0.6) is 0 Å². The van der Waals surface area contributed by atoms with Crippen LogP contribution in [0.25, 0.3) is 0 Å². The highest BCUT2D eigenvalue weighted by atomic mass is 16.3. The van der Waals surface area contributed by atoms with Crippen molar-refractivity contribution in [2.24, 2.45) is 11.3 Å². The van der Waals surface area contributed by atoms with Gasteiger partial charge in [0.1, 0.15) is 0 Å². The monoisotopic (exact) mass is 290 g/mol. The predicted molar refractivity (Wildman–Crippen MR) is 87.1 cm³/mol. The smallest absolute Gasteiger partial charge is 0.0581 e. The minimum atomic E-state index is -0.141. The van der Waals surface area contributed by atoms with Gasteiger partial charge in [-0.1, -0.05) is 26.8 Å². The van der Waals surface area contributed by atoms with Gasteiger partial charge in [-0.25, -0.2) is 0 Å². The van der Waals surface area contributed by atoms with Crippen LogP contribution < -0.4 is 0 Å². The van der Waals surface area contributed by atoms with Gasteiger partial charge in [0, 0.05) is 18.8 Å². The summed E-state index contributed by atoms with van der Waals surface area (Å²) in [5.41, 5.74) is 2.56. The molecule has 1 fully saturated rings. The zero-order valence-corrected chi connectivity index (χ0v) is 14.0. The molecule has 2 unspecified atom stereocenters. The Balaban J connectivity index is 1.98. The molecule has 1 saturated carbocycles. The number of aryl methyl sites for hydroxylation is 1. The fourth-order valence-electron chi connectivity index (χ4n) is 3.46. The number of aliphatic hydroxyl groups excluding tert-OH is 1. The molecule has 0 saturated heterocycles. The summed E-state index contributed by atoms with van der Waals surface area (Å²) in [6, 6.07) is 6.20. The molecule has 21 heavy (non-hydrogen) atoms. The molecule has 2 atom stereocenters. The summed E-state index contributed by atoms with van der Waals surface area (Å²) in [6.45, 7) is 11.7. The summed E-state index contributed by atoms with van der Waals surface area (Å²) in [4.78, 5) is 7.01. The number of aromatic nitrogens is 1. The molecule has 118 valence electrons. The summed E-state index contributed by atoms with van der Waals surface area (Å²) in [7, 11) is 0. The Hall–Kier alpha value is -0.930. The molecule has 3 heteroatoms. The minimum Gasteiger partial charge on any atom is -0.393 e. The second-order valence-electron chi connectivity index (χ2n) is 7.33. The molecule has 3 nitrogen and oxygen atoms in total. The number of rotatable bonds is 5. The number of hydrogen-bond donors (Lipinski definition) is 1. The molecule has 0 aliphatic heterocycles. The van der Waals surface area contributed by atoms with Crippen molar-refractivity contribution in [3.05, 3.63) is 29.6 Å². The first kappa shape index (κ1) is 16.4. The van der Waals surface area contributed by atoms with Crippen LogP contribution in [0, 0.1) is 18.3 Å². The quantitative estimate of drug-likeness (QED) is 0.903. The number of hydrogen-bond acceptors (Lipinski definition) is 3. The first-order chi connectivity index (χ1) is 9.89. The van der Waals surface area contributed by atoms with Crippen molar-refractivity contribution < 1.29 is 5.11 Å². The summed E-state index contributed by atoms with van der Waals surface area (Å²) >= 11 is 0. The summed E-state index contributed by atoms with van der Waals surface area (Å²) in [6.07, 6.45) is 3.05. The maximum atomic E-state index is 10.3. The Morgan fingerprint density at radius 1 is 1.38 bits per heavy atom. The molecule has 2 rings (SSSR count). The van der Waals surface area contributed by atoms with E-state index in [1.807, 2.05) is 13.0 Å². The van der Waals surface area contributed by atoms with Gasteiger partial charge in [0.05, 0.1) is 11.8 Å². The van der Waals surface area contributed by atoms with Gasteiger partial charge in [0.2, 0.25) is 0 Å². The third kappa shape index (κ3) is 4.79. The number of aliphatic hydroxyl groups is 1. The first-order valence-corrected chi connectivity index (χ1v) is 8.22. The zero-order chi connectivity index (χ0) is 15.5. The number of pyridine rings is 1. The van der Waals surface area contributed by atoms with E-state index in [9.17, 15) is 5.11 Å². The highest BCUT2D eigenvalue weighted by Crippen LogP contribution is 2.39. The lowest BCUT2D eigenvalue weighted by Crippen LogP contribution is -2.41. The lowest BCUT2D eigenvalue weighted by atomic mass is 9.70. The maximum Gasteiger partial charge on any atom is 0.0581 e. The SMILES string of the molecule is CCN(Cc1cccc(C)n1)CC1CC(C)(C)CCC1O. The van der Waals surface area contributed by atoms with Crippen LogP contribution >= 0.6 is 0 Å². The van der Waals surface area contributed by atoms with Gasteiger partial charge in [0.15, 0.2) is 0 Å². The Morgan fingerprint density at radius 2 is 2.14 bits per heavy atom. The highest BCUT2D eigenvalue weighted by Gasteiger charge is 2.34. The molecule has 0 aromatic carbocycles. The Kier molecular flexibility index (Phi) is 5.39. The van der Waals surface area contributed by atoms with Gasteiger partial charge in [-0.15, -0.1) is 0 Å². The van der Waals surface area contributed by atoms with E-state index in [1.54, 1.807) is 0 Å². The predicted octanol–water partition coefficient (Wildman–Crippen LogP) is 3.40. The van der Waals surface area contributed by atoms with Gasteiger partial charge in [-0.3, -0.25) is 9.88 Å². The van der Waals surface area contributed by atoms with Crippen molar-refractivity contribution in [3.63, 3.8) is 0 Å². The van der Waals surface area contributed by atoms with Crippen molar-refractivity contribution in [2.45, 2.75) is 59.6 Å². The van der Waals surface area contributed by atoms with E-state index in [0.717, 1.165) is 50.3 Å². The van der Waals surface area contributed by atoms with Gasteiger partial charge < -0.3 is 5.11 Å². The average molecular weight is 290 g/mol. The largest absolute Gasteiger partial charge is 0.393 e. The van der Waals surface area contributed by atoms with Gasteiger partial charge in [-0.05, 0) is 56.2 Å². The lowest BCUT2D eigenvalue weighted by molar-refractivity contribution is 0.00356. The van der Waals surface area contributed by atoms with Crippen molar-refractivity contribution in [1.82, 2.24) is 9.88 Å². The Bertz CT molecular complexity index is 458. The molecule has 0 radical (unpaired) electrons. The van der Waals surface area contributed by atoms with Gasteiger partial charge in [-0.2, -0.15) is 0 Å². The van der Waals surface area contributed by atoms with E-state index < -0.39 is 0 Å². The summed E-state index contributed by atoms with van der Waals surface area (Å²) < 4.78 is 0. The van der Waals surface area contributed by atoms with E-state index in [2.05, 4.69) is 42.8 Å². The fourth-order valence-corrected chi connectivity index (χ4v) is 3.46. The maximum absolute atomic E-state index is 10.3. The molecule has 0 spiro atoms. The normalized spacial score (nSPS) is 25.2. The standard InChI is InChI=1S/C18H30N2O/c1-5-20(13-16-8-6-7-14(2)19-16)12-15-11-18(3,4)10-9-17(15)21/h6-8,15,17,21H,5,9-13H2,1-4H3. The third-order valence-corrected chi connectivity index (χ3v) is 4.75. The molecule has 0 amide bonds. The van der Waals surface area contributed by atoms with E-state index >= 15 is 0 Å². The van der Waals surface area contributed by atoms with Crippen LogP contribution in [-0.2, 0) is 6.54 Å². The van der Waals surface area contributed by atoms with Crippen molar-refractivity contribution in [2.75, 3.05) is 13.1 Å². The van der Waals surface area contributed by atoms with Gasteiger partial charge >= 0.3 is 0 Å². The molecule has 1 aromatic rings. The molecule has 0 bridgehead atoms. The second kappa shape index (κ2) is 6.89. The second-order valence-corrected chi connectivity index (χ2v) is 7.33. The highest BCUT2D eigenvalue weighted by molar-refractivity contribution is 5.09. The third-order valence-electron chi connectivity index (χ3n) is 4.75. The molecular formula is C18H30N2O. The van der Waals surface area contributed by atoms with Crippen molar-refractivity contribution in [3.8, 4) is 0 Å². The molecule has 1 aliphatic carbocycles.